The Morgan fingerprint density at radius 1 is 0.941 bits per heavy atom. The first-order valence-electron chi connectivity index (χ1n) is 11.4. The lowest BCUT2D eigenvalue weighted by molar-refractivity contribution is -0.113. The molecule has 1 aliphatic heterocycles. The summed E-state index contributed by atoms with van der Waals surface area (Å²) in [5, 5.41) is 4.00. The highest BCUT2D eigenvalue weighted by atomic mass is 32.2. The van der Waals surface area contributed by atoms with E-state index in [2.05, 4.69) is 10.2 Å². The minimum Gasteiger partial charge on any atom is -0.372 e. The zero-order valence-electron chi connectivity index (χ0n) is 19.0. The van der Waals surface area contributed by atoms with Crippen molar-refractivity contribution < 1.29 is 4.79 Å². The summed E-state index contributed by atoms with van der Waals surface area (Å²) in [5.74, 6) is 0.00151. The van der Waals surface area contributed by atoms with Crippen LogP contribution in [0.1, 0.15) is 18.4 Å². The van der Waals surface area contributed by atoms with E-state index in [0.29, 0.717) is 16.1 Å². The van der Waals surface area contributed by atoms with E-state index in [1.165, 1.54) is 30.3 Å². The zero-order chi connectivity index (χ0) is 23.5. The first kappa shape index (κ1) is 22.2. The van der Waals surface area contributed by atoms with Gasteiger partial charge in [0.15, 0.2) is 5.16 Å². The van der Waals surface area contributed by atoms with Gasteiger partial charge in [-0.05, 0) is 68.3 Å². The Labute approximate surface area is 202 Å². The molecule has 1 aromatic heterocycles. The van der Waals surface area contributed by atoms with Crippen LogP contribution in [0.2, 0.25) is 0 Å². The van der Waals surface area contributed by atoms with Gasteiger partial charge in [-0.25, -0.2) is 4.98 Å². The van der Waals surface area contributed by atoms with Crippen LogP contribution < -0.4 is 15.8 Å². The maximum absolute atomic E-state index is 13.3. The highest BCUT2D eigenvalue weighted by Gasteiger charge is 2.16. The normalized spacial score (nSPS) is 13.4. The molecule has 0 saturated carbocycles. The molecule has 0 radical (unpaired) electrons. The smallest absolute Gasteiger partial charge is 0.266 e. The van der Waals surface area contributed by atoms with E-state index in [0.717, 1.165) is 30.0 Å². The van der Waals surface area contributed by atoms with Gasteiger partial charge in [0.05, 0.1) is 22.3 Å². The molecule has 4 aromatic rings. The van der Waals surface area contributed by atoms with Crippen LogP contribution in [0.4, 0.5) is 11.4 Å². The Balaban J connectivity index is 1.35. The lowest BCUT2D eigenvalue weighted by atomic mass is 10.2. The van der Waals surface area contributed by atoms with Crippen molar-refractivity contribution in [1.82, 2.24) is 9.55 Å². The van der Waals surface area contributed by atoms with Crippen molar-refractivity contribution in [2.24, 2.45) is 0 Å². The number of para-hydroxylation sites is 1. The monoisotopic (exact) mass is 470 g/mol. The number of rotatable bonds is 6. The minimum atomic E-state index is -0.144. The summed E-state index contributed by atoms with van der Waals surface area (Å²) in [6, 6.07) is 23.0. The van der Waals surface area contributed by atoms with E-state index in [1.807, 2.05) is 73.7 Å². The number of aromatic nitrogens is 2. The van der Waals surface area contributed by atoms with Gasteiger partial charge in [0, 0.05) is 24.5 Å². The fourth-order valence-electron chi connectivity index (χ4n) is 4.19. The van der Waals surface area contributed by atoms with E-state index < -0.39 is 0 Å². The Bertz CT molecular complexity index is 1370. The summed E-state index contributed by atoms with van der Waals surface area (Å²) in [5.41, 5.74) is 4.26. The molecule has 0 aliphatic carbocycles. The van der Waals surface area contributed by atoms with Crippen LogP contribution in [0, 0.1) is 6.92 Å². The van der Waals surface area contributed by atoms with E-state index in [4.69, 9.17) is 4.98 Å². The first-order chi connectivity index (χ1) is 16.6. The Morgan fingerprint density at radius 2 is 1.62 bits per heavy atom. The molecule has 34 heavy (non-hydrogen) atoms. The van der Waals surface area contributed by atoms with E-state index >= 15 is 0 Å². The molecule has 1 aliphatic rings. The number of thioether (sulfide) groups is 1. The predicted octanol–water partition coefficient (Wildman–Crippen LogP) is 5.03. The topological polar surface area (TPSA) is 67.2 Å². The average molecular weight is 471 g/mol. The van der Waals surface area contributed by atoms with Gasteiger partial charge in [0.2, 0.25) is 5.91 Å². The van der Waals surface area contributed by atoms with Crippen molar-refractivity contribution in [3.8, 4) is 5.69 Å². The second-order valence-electron chi connectivity index (χ2n) is 8.47. The molecule has 1 saturated heterocycles. The van der Waals surface area contributed by atoms with Crippen molar-refractivity contribution in [2.45, 2.75) is 24.9 Å². The number of nitrogens with zero attached hydrogens (tertiary/aromatic N) is 3. The molecule has 1 fully saturated rings. The number of amides is 1. The SMILES string of the molecule is Cc1ccc(-n2c(SCC(=O)Nc3ccc(N4CCCC4)cc3)nc3ccccc3c2=O)cc1. The lowest BCUT2D eigenvalue weighted by Crippen LogP contribution is -2.23. The van der Waals surface area contributed by atoms with E-state index in [9.17, 15) is 9.59 Å². The maximum Gasteiger partial charge on any atom is 0.266 e. The number of nitrogens with one attached hydrogen (secondary N) is 1. The number of carbonyl (C=O) groups excluding carboxylic acids is 1. The lowest BCUT2D eigenvalue weighted by Gasteiger charge is -2.17. The van der Waals surface area contributed by atoms with Crippen LogP contribution in [-0.4, -0.2) is 34.3 Å². The molecule has 0 unspecified atom stereocenters. The third-order valence-corrected chi connectivity index (χ3v) is 6.93. The number of aryl methyl sites for hydroxylation is 1. The molecule has 0 spiro atoms. The fourth-order valence-corrected chi connectivity index (χ4v) is 5.00. The molecule has 3 aromatic carbocycles. The highest BCUT2D eigenvalue weighted by molar-refractivity contribution is 7.99. The van der Waals surface area contributed by atoms with Crippen LogP contribution in [0.3, 0.4) is 0 Å². The van der Waals surface area contributed by atoms with E-state index in [1.54, 1.807) is 10.6 Å². The summed E-state index contributed by atoms with van der Waals surface area (Å²) in [4.78, 5) is 33.1. The fraction of sp³-hybridized carbons (Fsp3) is 0.222. The summed E-state index contributed by atoms with van der Waals surface area (Å²) < 4.78 is 1.59. The third-order valence-electron chi connectivity index (χ3n) is 5.99. The maximum atomic E-state index is 13.3. The summed E-state index contributed by atoms with van der Waals surface area (Å²) >= 11 is 1.26. The Hall–Kier alpha value is -3.58. The van der Waals surface area contributed by atoms with Crippen molar-refractivity contribution >= 4 is 39.9 Å². The van der Waals surface area contributed by atoms with Gasteiger partial charge in [-0.2, -0.15) is 0 Å². The molecular weight excluding hydrogens is 444 g/mol. The van der Waals surface area contributed by atoms with Crippen molar-refractivity contribution in [3.63, 3.8) is 0 Å². The van der Waals surface area contributed by atoms with Gasteiger partial charge in [-0.3, -0.25) is 14.2 Å². The molecular formula is C27H26N4O2S. The number of hydrogen-bond acceptors (Lipinski definition) is 5. The number of hydrogen-bond donors (Lipinski definition) is 1. The number of carbonyl (C=O) groups is 1. The Kier molecular flexibility index (Phi) is 6.36. The van der Waals surface area contributed by atoms with E-state index in [-0.39, 0.29) is 17.2 Å². The largest absolute Gasteiger partial charge is 0.372 e. The standard InChI is InChI=1S/C27H26N4O2S/c1-19-8-12-22(13-9-19)31-26(33)23-6-2-3-7-24(23)29-27(31)34-18-25(32)28-20-10-14-21(15-11-20)30-16-4-5-17-30/h2-3,6-15H,4-5,16-18H2,1H3,(H,28,32). The summed E-state index contributed by atoms with van der Waals surface area (Å²) in [6.45, 7) is 4.18. The Morgan fingerprint density at radius 3 is 2.35 bits per heavy atom. The highest BCUT2D eigenvalue weighted by Crippen LogP contribution is 2.24. The van der Waals surface area contributed by atoms with Crippen LogP contribution in [0.25, 0.3) is 16.6 Å². The summed E-state index contributed by atoms with van der Waals surface area (Å²) in [6.07, 6.45) is 2.46. The molecule has 5 rings (SSSR count). The van der Waals surface area contributed by atoms with Gasteiger partial charge in [-0.15, -0.1) is 0 Å². The second-order valence-corrected chi connectivity index (χ2v) is 9.41. The van der Waals surface area contributed by atoms with Gasteiger partial charge in [0.1, 0.15) is 0 Å². The first-order valence-corrected chi connectivity index (χ1v) is 12.4. The summed E-state index contributed by atoms with van der Waals surface area (Å²) in [7, 11) is 0. The van der Waals surface area contributed by atoms with Crippen LogP contribution in [0.5, 0.6) is 0 Å². The molecule has 1 amide bonds. The van der Waals surface area contributed by atoms with Crippen LogP contribution >= 0.6 is 11.8 Å². The van der Waals surface area contributed by atoms with Gasteiger partial charge < -0.3 is 10.2 Å². The molecule has 1 N–H and O–H groups in total. The number of fused-ring (bicyclic) bond motifs is 1. The molecule has 0 bridgehead atoms. The van der Waals surface area contributed by atoms with Gasteiger partial charge in [0.25, 0.3) is 5.56 Å². The molecule has 0 atom stereocenters. The third kappa shape index (κ3) is 4.70. The predicted molar refractivity (Wildman–Crippen MR) is 139 cm³/mol. The van der Waals surface area contributed by atoms with Crippen LogP contribution in [-0.2, 0) is 4.79 Å². The quantitative estimate of drug-likeness (QED) is 0.316. The number of benzene rings is 3. The molecule has 172 valence electrons. The average Bonchev–Trinajstić information content (AvgIpc) is 3.39. The molecule has 6 nitrogen and oxygen atoms in total. The second kappa shape index (κ2) is 9.73. The molecule has 7 heteroatoms. The van der Waals surface area contributed by atoms with Gasteiger partial charge >= 0.3 is 0 Å². The van der Waals surface area contributed by atoms with Crippen molar-refractivity contribution in [3.05, 3.63) is 88.7 Å². The van der Waals surface area contributed by atoms with Crippen molar-refractivity contribution in [1.29, 1.82) is 0 Å². The zero-order valence-corrected chi connectivity index (χ0v) is 19.8. The van der Waals surface area contributed by atoms with Crippen LogP contribution in [0.15, 0.2) is 82.7 Å². The van der Waals surface area contributed by atoms with Crippen molar-refractivity contribution in [2.75, 3.05) is 29.1 Å². The molecule has 2 heterocycles. The van der Waals surface area contributed by atoms with Gasteiger partial charge in [-0.1, -0.05) is 41.6 Å². The minimum absolute atomic E-state index is 0.142. The number of anilines is 2.